The normalized spacial score (nSPS) is 10.4. The Morgan fingerprint density at radius 1 is 1.56 bits per heavy atom. The molecule has 0 atom stereocenters. The monoisotopic (exact) mass is 324 g/mol. The van der Waals surface area contributed by atoms with Crippen LogP contribution in [-0.4, -0.2) is 22.8 Å². The van der Waals surface area contributed by atoms with Gasteiger partial charge in [-0.05, 0) is 41.1 Å². The standard InChI is InChI=1S/C13H13BrN2OS/c1-9-12(4-3-5-15-9)13(17)16(2)7-11-6-10(14)8-18-11/h3-6,8H,7H2,1-2H3. The summed E-state index contributed by atoms with van der Waals surface area (Å²) in [5, 5.41) is 2.02. The fraction of sp³-hybridized carbons (Fsp3) is 0.231. The lowest BCUT2D eigenvalue weighted by Gasteiger charge is -2.17. The molecule has 0 saturated heterocycles. The number of amides is 1. The zero-order valence-corrected chi connectivity index (χ0v) is 12.6. The second kappa shape index (κ2) is 5.63. The summed E-state index contributed by atoms with van der Waals surface area (Å²) in [4.78, 5) is 19.3. The van der Waals surface area contributed by atoms with Gasteiger partial charge in [0, 0.05) is 33.7 Å². The predicted molar refractivity (Wildman–Crippen MR) is 76.8 cm³/mol. The average Bonchev–Trinajstić information content (AvgIpc) is 2.74. The topological polar surface area (TPSA) is 33.2 Å². The van der Waals surface area contributed by atoms with Crippen molar-refractivity contribution in [3.05, 3.63) is 50.4 Å². The number of hydrogen-bond donors (Lipinski definition) is 0. The summed E-state index contributed by atoms with van der Waals surface area (Å²) in [5.74, 6) is 0.00474. The highest BCUT2D eigenvalue weighted by Gasteiger charge is 2.15. The molecule has 0 unspecified atom stereocenters. The minimum absolute atomic E-state index is 0.00474. The first-order valence-electron chi connectivity index (χ1n) is 5.48. The van der Waals surface area contributed by atoms with Crippen LogP contribution in [0.15, 0.2) is 34.2 Å². The summed E-state index contributed by atoms with van der Waals surface area (Å²) in [7, 11) is 1.81. The van der Waals surface area contributed by atoms with E-state index in [9.17, 15) is 4.79 Å². The van der Waals surface area contributed by atoms with E-state index >= 15 is 0 Å². The fourth-order valence-corrected chi connectivity index (χ4v) is 3.16. The number of rotatable bonds is 3. The maximum absolute atomic E-state index is 12.3. The first kappa shape index (κ1) is 13.2. The van der Waals surface area contributed by atoms with Crippen LogP contribution in [0.5, 0.6) is 0 Å². The lowest BCUT2D eigenvalue weighted by Crippen LogP contribution is -2.26. The van der Waals surface area contributed by atoms with Crippen molar-refractivity contribution in [3.63, 3.8) is 0 Å². The first-order valence-corrected chi connectivity index (χ1v) is 7.15. The molecule has 0 aliphatic rings. The molecular formula is C13H13BrN2OS. The Labute approximate surface area is 119 Å². The maximum Gasteiger partial charge on any atom is 0.255 e. The average molecular weight is 325 g/mol. The summed E-state index contributed by atoms with van der Waals surface area (Å²) in [6.07, 6.45) is 1.70. The van der Waals surface area contributed by atoms with Crippen LogP contribution < -0.4 is 0 Å². The van der Waals surface area contributed by atoms with Gasteiger partial charge in [0.05, 0.1) is 12.1 Å². The summed E-state index contributed by atoms with van der Waals surface area (Å²) in [6, 6.07) is 5.63. The van der Waals surface area contributed by atoms with Crippen molar-refractivity contribution in [1.82, 2.24) is 9.88 Å². The van der Waals surface area contributed by atoms with Crippen LogP contribution in [0.1, 0.15) is 20.9 Å². The Bertz CT molecular complexity index is 568. The van der Waals surface area contributed by atoms with Gasteiger partial charge in [0.1, 0.15) is 0 Å². The maximum atomic E-state index is 12.3. The molecule has 2 heterocycles. The number of halogens is 1. The van der Waals surface area contributed by atoms with Crippen molar-refractivity contribution in [2.45, 2.75) is 13.5 Å². The van der Waals surface area contributed by atoms with Crippen LogP contribution in [0.25, 0.3) is 0 Å². The van der Waals surface area contributed by atoms with E-state index in [0.717, 1.165) is 15.0 Å². The van der Waals surface area contributed by atoms with Crippen molar-refractivity contribution in [1.29, 1.82) is 0 Å². The molecule has 5 heteroatoms. The molecule has 2 aromatic heterocycles. The van der Waals surface area contributed by atoms with E-state index in [1.54, 1.807) is 28.5 Å². The van der Waals surface area contributed by atoms with E-state index in [1.165, 1.54) is 0 Å². The van der Waals surface area contributed by atoms with Gasteiger partial charge in [-0.15, -0.1) is 11.3 Å². The number of thiophene rings is 1. The van der Waals surface area contributed by atoms with Crippen LogP contribution in [-0.2, 0) is 6.54 Å². The predicted octanol–water partition coefficient (Wildman–Crippen LogP) is 3.49. The van der Waals surface area contributed by atoms with Crippen molar-refractivity contribution in [2.24, 2.45) is 0 Å². The molecule has 0 spiro atoms. The Morgan fingerprint density at radius 2 is 2.33 bits per heavy atom. The van der Waals surface area contributed by atoms with Crippen LogP contribution in [0.3, 0.4) is 0 Å². The van der Waals surface area contributed by atoms with Crippen molar-refractivity contribution in [3.8, 4) is 0 Å². The summed E-state index contributed by atoms with van der Waals surface area (Å²) < 4.78 is 1.06. The van der Waals surface area contributed by atoms with E-state index in [2.05, 4.69) is 20.9 Å². The smallest absolute Gasteiger partial charge is 0.255 e. The van der Waals surface area contributed by atoms with Crippen molar-refractivity contribution < 1.29 is 4.79 Å². The highest BCUT2D eigenvalue weighted by molar-refractivity contribution is 9.10. The minimum atomic E-state index is 0.00474. The molecule has 94 valence electrons. The lowest BCUT2D eigenvalue weighted by molar-refractivity contribution is 0.0785. The molecule has 1 amide bonds. The molecule has 0 bridgehead atoms. The van der Waals surface area contributed by atoms with E-state index in [-0.39, 0.29) is 5.91 Å². The molecule has 0 radical (unpaired) electrons. The summed E-state index contributed by atoms with van der Waals surface area (Å²) in [6.45, 7) is 2.46. The molecule has 0 aliphatic heterocycles. The molecular weight excluding hydrogens is 312 g/mol. The SMILES string of the molecule is Cc1ncccc1C(=O)N(C)Cc1cc(Br)cs1. The molecule has 0 N–H and O–H groups in total. The van der Waals surface area contributed by atoms with E-state index < -0.39 is 0 Å². The van der Waals surface area contributed by atoms with Gasteiger partial charge in [-0.1, -0.05) is 0 Å². The van der Waals surface area contributed by atoms with Crippen LogP contribution in [0.2, 0.25) is 0 Å². The summed E-state index contributed by atoms with van der Waals surface area (Å²) in [5.41, 5.74) is 1.43. The number of hydrogen-bond acceptors (Lipinski definition) is 3. The Hall–Kier alpha value is -1.20. The highest BCUT2D eigenvalue weighted by Crippen LogP contribution is 2.21. The van der Waals surface area contributed by atoms with E-state index in [4.69, 9.17) is 0 Å². The second-order valence-electron chi connectivity index (χ2n) is 4.03. The zero-order chi connectivity index (χ0) is 13.1. The quantitative estimate of drug-likeness (QED) is 0.865. The second-order valence-corrected chi connectivity index (χ2v) is 5.94. The molecule has 0 saturated carbocycles. The van der Waals surface area contributed by atoms with Crippen molar-refractivity contribution >= 4 is 33.2 Å². The van der Waals surface area contributed by atoms with Gasteiger partial charge in [0.15, 0.2) is 0 Å². The van der Waals surface area contributed by atoms with E-state index in [1.807, 2.05) is 31.5 Å². The summed E-state index contributed by atoms with van der Waals surface area (Å²) >= 11 is 5.05. The van der Waals surface area contributed by atoms with Gasteiger partial charge in [-0.2, -0.15) is 0 Å². The minimum Gasteiger partial charge on any atom is -0.337 e. The molecule has 0 fully saturated rings. The van der Waals surface area contributed by atoms with Crippen molar-refractivity contribution in [2.75, 3.05) is 7.05 Å². The van der Waals surface area contributed by atoms with Crippen LogP contribution in [0.4, 0.5) is 0 Å². The molecule has 0 aromatic carbocycles. The number of carbonyl (C=O) groups is 1. The Balaban J connectivity index is 2.12. The molecule has 3 nitrogen and oxygen atoms in total. The zero-order valence-electron chi connectivity index (χ0n) is 10.2. The fourth-order valence-electron chi connectivity index (χ4n) is 1.66. The number of aryl methyl sites for hydroxylation is 1. The lowest BCUT2D eigenvalue weighted by atomic mass is 10.2. The van der Waals surface area contributed by atoms with Gasteiger partial charge < -0.3 is 4.90 Å². The molecule has 18 heavy (non-hydrogen) atoms. The van der Waals surface area contributed by atoms with E-state index in [0.29, 0.717) is 12.1 Å². The third-order valence-corrected chi connectivity index (χ3v) is 4.28. The molecule has 2 rings (SSSR count). The van der Waals surface area contributed by atoms with Gasteiger partial charge in [0.25, 0.3) is 5.91 Å². The highest BCUT2D eigenvalue weighted by atomic mass is 79.9. The number of aromatic nitrogens is 1. The third-order valence-electron chi connectivity index (χ3n) is 2.60. The third kappa shape index (κ3) is 2.97. The Morgan fingerprint density at radius 3 is 2.94 bits per heavy atom. The largest absolute Gasteiger partial charge is 0.337 e. The van der Waals surface area contributed by atoms with Gasteiger partial charge in [-0.25, -0.2) is 0 Å². The number of nitrogens with zero attached hydrogens (tertiary/aromatic N) is 2. The van der Waals surface area contributed by atoms with Crippen LogP contribution in [0, 0.1) is 6.92 Å². The number of carbonyl (C=O) groups excluding carboxylic acids is 1. The number of pyridine rings is 1. The molecule has 0 aliphatic carbocycles. The van der Waals surface area contributed by atoms with Gasteiger partial charge in [0.2, 0.25) is 0 Å². The first-order chi connectivity index (χ1) is 8.58. The van der Waals surface area contributed by atoms with Gasteiger partial charge in [-0.3, -0.25) is 9.78 Å². The Kier molecular flexibility index (Phi) is 4.14. The van der Waals surface area contributed by atoms with Crippen LogP contribution >= 0.6 is 27.3 Å². The van der Waals surface area contributed by atoms with Gasteiger partial charge >= 0.3 is 0 Å². The molecule has 2 aromatic rings.